The molecule has 1 fully saturated rings. The second-order valence-electron chi connectivity index (χ2n) is 7.45. The van der Waals surface area contributed by atoms with Gasteiger partial charge in [0.15, 0.2) is 6.17 Å². The molecule has 2 nitrogen and oxygen atoms in total. The summed E-state index contributed by atoms with van der Waals surface area (Å²) in [5.41, 5.74) is 0. The highest BCUT2D eigenvalue weighted by Crippen LogP contribution is 2.38. The third-order valence-electron chi connectivity index (χ3n) is 5.55. The van der Waals surface area contributed by atoms with Crippen molar-refractivity contribution in [2.24, 2.45) is 11.8 Å². The van der Waals surface area contributed by atoms with Crippen LogP contribution in [0, 0.1) is 11.8 Å². The molecule has 1 N–H and O–H groups in total. The highest BCUT2D eigenvalue weighted by Gasteiger charge is 2.26. The van der Waals surface area contributed by atoms with Crippen molar-refractivity contribution in [1.82, 2.24) is 0 Å². The summed E-state index contributed by atoms with van der Waals surface area (Å²) in [4.78, 5) is 10.4. The Labute approximate surface area is 142 Å². The van der Waals surface area contributed by atoms with Crippen LogP contribution in [0.3, 0.4) is 0 Å². The summed E-state index contributed by atoms with van der Waals surface area (Å²) >= 11 is 0. The van der Waals surface area contributed by atoms with Crippen molar-refractivity contribution < 1.29 is 14.3 Å². The van der Waals surface area contributed by atoms with Crippen LogP contribution in [0.2, 0.25) is 0 Å². The van der Waals surface area contributed by atoms with Crippen LogP contribution in [0.1, 0.15) is 103 Å². The fraction of sp³-hybridized carbons (Fsp3) is 0.950. The largest absolute Gasteiger partial charge is 0.479 e. The Kier molecular flexibility index (Phi) is 11.4. The van der Waals surface area contributed by atoms with Crippen LogP contribution in [-0.4, -0.2) is 17.2 Å². The Bertz CT molecular complexity index is 306. The molecule has 0 radical (unpaired) electrons. The van der Waals surface area contributed by atoms with Crippen LogP contribution < -0.4 is 0 Å². The van der Waals surface area contributed by atoms with Crippen LogP contribution in [0.25, 0.3) is 0 Å². The van der Waals surface area contributed by atoms with E-state index in [0.29, 0.717) is 6.42 Å². The highest BCUT2D eigenvalue weighted by molar-refractivity contribution is 5.71. The molecule has 1 rings (SSSR count). The molecule has 23 heavy (non-hydrogen) atoms. The molecule has 0 spiro atoms. The number of unbranched alkanes of at least 4 members (excludes halogenated alkanes) is 7. The lowest BCUT2D eigenvalue weighted by Crippen LogP contribution is -2.14. The lowest BCUT2D eigenvalue weighted by atomic mass is 9.86. The minimum absolute atomic E-state index is 0.182. The molecule has 0 aliphatic heterocycles. The number of carbonyl (C=O) groups is 1. The monoisotopic (exact) mass is 328 g/mol. The van der Waals surface area contributed by atoms with Crippen molar-refractivity contribution >= 4 is 5.97 Å². The Morgan fingerprint density at radius 3 is 2.04 bits per heavy atom. The molecule has 0 bridgehead atoms. The van der Waals surface area contributed by atoms with Crippen LogP contribution in [-0.2, 0) is 4.79 Å². The van der Waals surface area contributed by atoms with Crippen LogP contribution in [0.15, 0.2) is 0 Å². The molecule has 3 heteroatoms. The first kappa shape index (κ1) is 20.4. The number of halogens is 1. The first-order valence-electron chi connectivity index (χ1n) is 10.0. The molecule has 0 saturated heterocycles. The van der Waals surface area contributed by atoms with Gasteiger partial charge in [0, 0.05) is 0 Å². The number of aliphatic carboxylic acids is 1. The lowest BCUT2D eigenvalue weighted by molar-refractivity contribution is -0.143. The van der Waals surface area contributed by atoms with Crippen molar-refractivity contribution in [2.75, 3.05) is 0 Å². The summed E-state index contributed by atoms with van der Waals surface area (Å²) in [6.45, 7) is 2.26. The van der Waals surface area contributed by atoms with E-state index in [4.69, 9.17) is 5.11 Å². The zero-order valence-corrected chi connectivity index (χ0v) is 15.1. The zero-order chi connectivity index (χ0) is 16.9. The Morgan fingerprint density at radius 1 is 0.957 bits per heavy atom. The van der Waals surface area contributed by atoms with E-state index < -0.39 is 12.1 Å². The van der Waals surface area contributed by atoms with Gasteiger partial charge in [-0.3, -0.25) is 0 Å². The van der Waals surface area contributed by atoms with Gasteiger partial charge in [-0.2, -0.15) is 0 Å². The van der Waals surface area contributed by atoms with E-state index in [1.807, 2.05) is 0 Å². The molecule has 1 saturated carbocycles. The minimum atomic E-state index is -1.66. The van der Waals surface area contributed by atoms with Crippen molar-refractivity contribution in [1.29, 1.82) is 0 Å². The van der Waals surface area contributed by atoms with Gasteiger partial charge in [0.2, 0.25) is 0 Å². The number of carboxylic acid groups (broad SMARTS) is 1. The molecule has 1 aliphatic rings. The van der Waals surface area contributed by atoms with Gasteiger partial charge in [-0.15, -0.1) is 0 Å². The summed E-state index contributed by atoms with van der Waals surface area (Å²) in [5.74, 6) is 0.500. The van der Waals surface area contributed by atoms with Crippen molar-refractivity contribution in [3.8, 4) is 0 Å². The second kappa shape index (κ2) is 12.8. The van der Waals surface area contributed by atoms with Gasteiger partial charge in [-0.1, -0.05) is 90.4 Å². The first-order valence-corrected chi connectivity index (χ1v) is 10.0. The average Bonchev–Trinajstić information content (AvgIpc) is 2.97. The summed E-state index contributed by atoms with van der Waals surface area (Å²) < 4.78 is 13.0. The van der Waals surface area contributed by atoms with Gasteiger partial charge in [-0.25, -0.2) is 9.18 Å². The molecular formula is C20H37FO2. The molecule has 136 valence electrons. The summed E-state index contributed by atoms with van der Waals surface area (Å²) in [5, 5.41) is 8.52. The van der Waals surface area contributed by atoms with Gasteiger partial charge in [0.05, 0.1) is 0 Å². The highest BCUT2D eigenvalue weighted by atomic mass is 19.1. The molecule has 0 aromatic heterocycles. The van der Waals surface area contributed by atoms with Gasteiger partial charge in [0.1, 0.15) is 0 Å². The topological polar surface area (TPSA) is 37.3 Å². The van der Waals surface area contributed by atoms with Crippen molar-refractivity contribution in [3.05, 3.63) is 0 Å². The van der Waals surface area contributed by atoms with E-state index in [0.717, 1.165) is 24.7 Å². The summed E-state index contributed by atoms with van der Waals surface area (Å²) in [6, 6.07) is 0. The molecule has 0 heterocycles. The molecular weight excluding hydrogens is 291 g/mol. The predicted molar refractivity (Wildman–Crippen MR) is 94.4 cm³/mol. The maximum atomic E-state index is 13.0. The van der Waals surface area contributed by atoms with Crippen LogP contribution >= 0.6 is 0 Å². The van der Waals surface area contributed by atoms with Crippen LogP contribution in [0.5, 0.6) is 0 Å². The standard InChI is InChI=1S/C20H37FO2/c1-2-3-4-5-6-8-12-17-14-11-15-18(17)13-9-7-10-16-19(21)20(22)23/h17-19H,2-16H2,1H3,(H,22,23)/t17-,18-,19?/m0/s1. The van der Waals surface area contributed by atoms with E-state index in [9.17, 15) is 9.18 Å². The maximum absolute atomic E-state index is 13.0. The van der Waals surface area contributed by atoms with E-state index >= 15 is 0 Å². The molecule has 1 unspecified atom stereocenters. The van der Waals surface area contributed by atoms with Gasteiger partial charge in [0.25, 0.3) is 0 Å². The fourth-order valence-electron chi connectivity index (χ4n) is 4.09. The Hall–Kier alpha value is -0.600. The number of rotatable bonds is 14. The predicted octanol–water partition coefficient (Wildman–Crippen LogP) is 6.53. The fourth-order valence-corrected chi connectivity index (χ4v) is 4.09. The van der Waals surface area contributed by atoms with E-state index in [1.165, 1.54) is 70.6 Å². The first-order chi connectivity index (χ1) is 11.1. The van der Waals surface area contributed by atoms with Gasteiger partial charge < -0.3 is 5.11 Å². The molecule has 0 aromatic carbocycles. The Balaban J connectivity index is 2.03. The third-order valence-corrected chi connectivity index (χ3v) is 5.55. The van der Waals surface area contributed by atoms with E-state index in [-0.39, 0.29) is 6.42 Å². The summed E-state index contributed by atoms with van der Waals surface area (Å²) in [6.07, 6.45) is 16.5. The number of carboxylic acids is 1. The number of hydrogen-bond acceptors (Lipinski definition) is 1. The molecule has 3 atom stereocenters. The normalized spacial score (nSPS) is 22.3. The van der Waals surface area contributed by atoms with Gasteiger partial charge in [-0.05, 0) is 24.7 Å². The molecule has 0 amide bonds. The minimum Gasteiger partial charge on any atom is -0.479 e. The SMILES string of the molecule is CCCCCCCC[C@H]1CCC[C@@H]1CCCCCC(F)C(=O)O. The van der Waals surface area contributed by atoms with Crippen molar-refractivity contribution in [3.63, 3.8) is 0 Å². The van der Waals surface area contributed by atoms with Crippen molar-refractivity contribution in [2.45, 2.75) is 109 Å². The maximum Gasteiger partial charge on any atom is 0.338 e. The molecule has 0 aromatic rings. The lowest BCUT2D eigenvalue weighted by Gasteiger charge is -2.19. The van der Waals surface area contributed by atoms with Gasteiger partial charge >= 0.3 is 5.97 Å². The quantitative estimate of drug-likeness (QED) is 0.368. The van der Waals surface area contributed by atoms with E-state index in [2.05, 4.69) is 6.92 Å². The smallest absolute Gasteiger partial charge is 0.338 e. The molecule has 1 aliphatic carbocycles. The zero-order valence-electron chi connectivity index (χ0n) is 15.1. The number of hydrogen-bond donors (Lipinski definition) is 1. The Morgan fingerprint density at radius 2 is 1.48 bits per heavy atom. The van der Waals surface area contributed by atoms with E-state index in [1.54, 1.807) is 0 Å². The summed E-state index contributed by atoms with van der Waals surface area (Å²) in [7, 11) is 0. The third kappa shape index (κ3) is 9.32. The average molecular weight is 329 g/mol. The number of alkyl halides is 1. The van der Waals surface area contributed by atoms with Crippen LogP contribution in [0.4, 0.5) is 4.39 Å². The second-order valence-corrected chi connectivity index (χ2v) is 7.45.